The number of carbonyl (C=O) groups is 1. The molecule has 0 aromatic carbocycles. The normalized spacial score (nSPS) is 35.8. The Labute approximate surface area is 269 Å². The van der Waals surface area contributed by atoms with E-state index in [9.17, 15) is 50.8 Å². The predicted molar refractivity (Wildman–Crippen MR) is 161 cm³/mol. The van der Waals surface area contributed by atoms with E-state index in [1.807, 2.05) is 13.8 Å². The Balaban J connectivity index is 2.51. The summed E-state index contributed by atoms with van der Waals surface area (Å²) in [6, 6.07) is -1.10. The van der Waals surface area contributed by atoms with Crippen LogP contribution < -0.4 is 11.1 Å². The SMILES string of the molecule is COC(CO)C(O)(CC(O)O)NC(=O)[C@H]1[C@H](C[C@H](/C=C/C(C)C)OC2OC(C)C(O)C(N)C2O)O[C@](O)(C[C@@H](O)C(C)C)C[C@@H]1O. The molecule has 12 N–H and O–H groups in total. The topological polar surface area (TPSA) is 274 Å². The van der Waals surface area contributed by atoms with Crippen LogP contribution in [0.1, 0.15) is 60.3 Å². The van der Waals surface area contributed by atoms with Gasteiger partial charge < -0.3 is 76.0 Å². The fourth-order valence-corrected chi connectivity index (χ4v) is 5.70. The number of allylic oxidation sites excluding steroid dienone is 1. The average Bonchev–Trinajstić information content (AvgIpc) is 2.92. The van der Waals surface area contributed by atoms with Gasteiger partial charge in [-0.25, -0.2) is 0 Å². The monoisotopic (exact) mass is 668 g/mol. The van der Waals surface area contributed by atoms with Gasteiger partial charge in [-0.15, -0.1) is 0 Å². The minimum absolute atomic E-state index is 0.0192. The van der Waals surface area contributed by atoms with E-state index in [0.717, 1.165) is 7.11 Å². The van der Waals surface area contributed by atoms with Gasteiger partial charge in [0.15, 0.2) is 24.1 Å². The van der Waals surface area contributed by atoms with E-state index in [-0.39, 0.29) is 24.7 Å². The van der Waals surface area contributed by atoms with E-state index >= 15 is 0 Å². The Kier molecular flexibility index (Phi) is 15.4. The third-order valence-corrected chi connectivity index (χ3v) is 8.51. The first-order chi connectivity index (χ1) is 21.3. The van der Waals surface area contributed by atoms with Gasteiger partial charge >= 0.3 is 0 Å². The van der Waals surface area contributed by atoms with Gasteiger partial charge in [0.1, 0.15) is 12.2 Å². The largest absolute Gasteiger partial charge is 0.393 e. The zero-order valence-electron chi connectivity index (χ0n) is 27.4. The van der Waals surface area contributed by atoms with Gasteiger partial charge in [0.2, 0.25) is 5.91 Å². The third-order valence-electron chi connectivity index (χ3n) is 8.51. The highest BCUT2D eigenvalue weighted by molar-refractivity contribution is 5.80. The molecular weight excluding hydrogens is 612 g/mol. The highest BCUT2D eigenvalue weighted by atomic mass is 16.7. The van der Waals surface area contributed by atoms with Crippen LogP contribution in [0.25, 0.3) is 0 Å². The second kappa shape index (κ2) is 17.3. The lowest BCUT2D eigenvalue weighted by atomic mass is 9.81. The molecule has 0 saturated carbocycles. The number of hydrogen-bond acceptors (Lipinski definition) is 15. The van der Waals surface area contributed by atoms with Crippen molar-refractivity contribution in [2.24, 2.45) is 23.5 Å². The molecule has 46 heavy (non-hydrogen) atoms. The van der Waals surface area contributed by atoms with Gasteiger partial charge in [-0.3, -0.25) is 4.79 Å². The van der Waals surface area contributed by atoms with Crippen molar-refractivity contribution in [3.63, 3.8) is 0 Å². The Morgan fingerprint density at radius 2 is 1.76 bits per heavy atom. The highest BCUT2D eigenvalue weighted by Crippen LogP contribution is 2.38. The molecule has 1 amide bonds. The number of methoxy groups -OCH3 is 1. The number of nitrogens with two attached hydrogens (primary N) is 1. The lowest BCUT2D eigenvalue weighted by Crippen LogP contribution is -2.65. The summed E-state index contributed by atoms with van der Waals surface area (Å²) in [4.78, 5) is 13.8. The molecule has 2 aliphatic heterocycles. The first kappa shape index (κ1) is 40.8. The van der Waals surface area contributed by atoms with Crippen molar-refractivity contribution in [2.75, 3.05) is 13.7 Å². The second-order valence-corrected chi connectivity index (χ2v) is 13.2. The average molecular weight is 669 g/mol. The second-order valence-electron chi connectivity index (χ2n) is 13.2. The number of aliphatic hydroxyl groups excluding tert-OH is 6. The Morgan fingerprint density at radius 1 is 1.13 bits per heavy atom. The van der Waals surface area contributed by atoms with E-state index in [1.165, 1.54) is 0 Å². The summed E-state index contributed by atoms with van der Waals surface area (Å²) in [5.74, 6) is -4.93. The van der Waals surface area contributed by atoms with Crippen LogP contribution in [0, 0.1) is 17.8 Å². The molecule has 0 aromatic heterocycles. The van der Waals surface area contributed by atoms with Gasteiger partial charge in [-0.2, -0.15) is 0 Å². The molecule has 2 heterocycles. The number of aliphatic hydroxyl groups is 9. The summed E-state index contributed by atoms with van der Waals surface area (Å²) in [5, 5.41) is 96.6. The van der Waals surface area contributed by atoms with Crippen molar-refractivity contribution in [1.82, 2.24) is 5.32 Å². The standard InChI is InChI=1S/C30H56N2O14/c1-14(2)7-8-17(45-28-26(39)24(31)25(38)16(5)44-28)9-20-23(19(35)11-29(41,46-20)10-18(34)15(3)4)27(40)32-30(42,12-22(36)37)21(13-33)43-6/h7-8,14-26,28,33-39,41-42H,9-13,31H2,1-6H3,(H,32,40)/b8-7+/t16?,17-,18+,19-,20-,21?,23+,24?,25?,26?,28?,29+,30?/m0/s1. The molecule has 0 aliphatic carbocycles. The van der Waals surface area contributed by atoms with Gasteiger partial charge in [0.25, 0.3) is 0 Å². The van der Waals surface area contributed by atoms with Crippen LogP contribution >= 0.6 is 0 Å². The van der Waals surface area contributed by atoms with Crippen LogP contribution in [-0.2, 0) is 23.7 Å². The Hall–Kier alpha value is -1.35. The minimum atomic E-state index is -2.51. The van der Waals surface area contributed by atoms with Gasteiger partial charge in [0, 0.05) is 32.8 Å². The van der Waals surface area contributed by atoms with Crippen molar-refractivity contribution in [3.8, 4) is 0 Å². The summed E-state index contributed by atoms with van der Waals surface area (Å²) in [6.07, 6.45) is -11.9. The van der Waals surface area contributed by atoms with E-state index in [2.05, 4.69) is 5.32 Å². The Bertz CT molecular complexity index is 968. The maximum absolute atomic E-state index is 13.8. The molecule has 7 unspecified atom stereocenters. The van der Waals surface area contributed by atoms with Crippen LogP contribution in [0.5, 0.6) is 0 Å². The number of nitrogens with one attached hydrogen (secondary N) is 1. The van der Waals surface area contributed by atoms with E-state index in [0.29, 0.717) is 0 Å². The number of amides is 1. The minimum Gasteiger partial charge on any atom is -0.393 e. The summed E-state index contributed by atoms with van der Waals surface area (Å²) < 4.78 is 22.9. The van der Waals surface area contributed by atoms with Crippen LogP contribution in [0.3, 0.4) is 0 Å². The number of hydrogen-bond donors (Lipinski definition) is 11. The lowest BCUT2D eigenvalue weighted by molar-refractivity contribution is -0.308. The summed E-state index contributed by atoms with van der Waals surface area (Å²) in [7, 11) is 1.12. The predicted octanol–water partition coefficient (Wildman–Crippen LogP) is -2.86. The molecule has 0 bridgehead atoms. The van der Waals surface area contributed by atoms with Crippen LogP contribution in [0.4, 0.5) is 0 Å². The summed E-state index contributed by atoms with van der Waals surface area (Å²) in [6.45, 7) is 7.96. The molecule has 270 valence electrons. The molecule has 16 heteroatoms. The van der Waals surface area contributed by atoms with Crippen molar-refractivity contribution < 1.29 is 69.7 Å². The summed E-state index contributed by atoms with van der Waals surface area (Å²) >= 11 is 0. The van der Waals surface area contributed by atoms with Crippen LogP contribution in [0.15, 0.2) is 12.2 Å². The van der Waals surface area contributed by atoms with Crippen molar-refractivity contribution in [2.45, 2.75) is 139 Å². The number of ether oxygens (including phenoxy) is 4. The van der Waals surface area contributed by atoms with Gasteiger partial charge in [0.05, 0.1) is 55.2 Å². The van der Waals surface area contributed by atoms with Crippen molar-refractivity contribution in [1.29, 1.82) is 0 Å². The quantitative estimate of drug-likeness (QED) is 0.0583. The fourth-order valence-electron chi connectivity index (χ4n) is 5.70. The van der Waals surface area contributed by atoms with Crippen molar-refractivity contribution in [3.05, 3.63) is 12.2 Å². The number of rotatable bonds is 16. The van der Waals surface area contributed by atoms with Crippen molar-refractivity contribution >= 4 is 5.91 Å². The molecule has 13 atom stereocenters. The third kappa shape index (κ3) is 10.8. The molecule has 2 rings (SSSR count). The Morgan fingerprint density at radius 3 is 2.28 bits per heavy atom. The first-order valence-corrected chi connectivity index (χ1v) is 15.7. The van der Waals surface area contributed by atoms with E-state index in [1.54, 1.807) is 32.9 Å². The maximum atomic E-state index is 13.8. The zero-order valence-corrected chi connectivity index (χ0v) is 27.4. The van der Waals surface area contributed by atoms with E-state index in [4.69, 9.17) is 24.7 Å². The summed E-state index contributed by atoms with van der Waals surface area (Å²) in [5.41, 5.74) is 3.47. The molecule has 0 aromatic rings. The highest BCUT2D eigenvalue weighted by Gasteiger charge is 2.52. The van der Waals surface area contributed by atoms with E-state index < -0.39 is 110 Å². The molecule has 2 aliphatic rings. The zero-order chi connectivity index (χ0) is 35.1. The molecular formula is C30H56N2O14. The smallest absolute Gasteiger partial charge is 0.230 e. The van der Waals surface area contributed by atoms with Gasteiger partial charge in [-0.1, -0.05) is 39.8 Å². The molecule has 16 nitrogen and oxygen atoms in total. The van der Waals surface area contributed by atoms with Crippen LogP contribution in [-0.4, -0.2) is 145 Å². The molecule has 0 spiro atoms. The lowest BCUT2D eigenvalue weighted by Gasteiger charge is -2.47. The first-order valence-electron chi connectivity index (χ1n) is 15.7. The molecule has 2 saturated heterocycles. The molecule has 2 fully saturated rings. The number of carbonyl (C=O) groups excluding carboxylic acids is 1. The van der Waals surface area contributed by atoms with Crippen LogP contribution in [0.2, 0.25) is 0 Å². The molecule has 0 radical (unpaired) electrons. The fraction of sp³-hybridized carbons (Fsp3) is 0.900. The van der Waals surface area contributed by atoms with Gasteiger partial charge in [-0.05, 0) is 18.8 Å². The maximum Gasteiger partial charge on any atom is 0.230 e.